The second-order valence-corrected chi connectivity index (χ2v) is 6.60. The summed E-state index contributed by atoms with van der Waals surface area (Å²) in [5.74, 6) is 0.998. The zero-order chi connectivity index (χ0) is 19.3. The van der Waals surface area contributed by atoms with E-state index in [2.05, 4.69) is 32.6 Å². The highest BCUT2D eigenvalue weighted by atomic mass is 35.5. The number of nitrogens with zero attached hydrogens (tertiary/aromatic N) is 3. The molecule has 0 saturated heterocycles. The SMILES string of the molecule is CCCCCCCCCOc1ccc(/C=N/Nc2cn[nH]c(=O)n2)c(Cl)c1. The van der Waals surface area contributed by atoms with Crippen molar-refractivity contribution in [3.05, 3.63) is 45.5 Å². The number of ether oxygens (including phenoxy) is 1. The molecule has 0 saturated carbocycles. The Morgan fingerprint density at radius 3 is 2.74 bits per heavy atom. The summed E-state index contributed by atoms with van der Waals surface area (Å²) in [7, 11) is 0. The first kappa shape index (κ1) is 20.9. The molecule has 0 aliphatic heterocycles. The number of halogens is 1. The van der Waals surface area contributed by atoms with Gasteiger partial charge in [-0.15, -0.1) is 0 Å². The number of anilines is 1. The molecule has 0 amide bonds. The van der Waals surface area contributed by atoms with E-state index in [1.807, 2.05) is 12.1 Å². The highest BCUT2D eigenvalue weighted by Crippen LogP contribution is 2.22. The first-order valence-electron chi connectivity index (χ1n) is 9.32. The molecule has 2 N–H and O–H groups in total. The summed E-state index contributed by atoms with van der Waals surface area (Å²) in [5, 5.41) is 10.3. The van der Waals surface area contributed by atoms with E-state index in [1.54, 1.807) is 12.3 Å². The molecule has 2 aromatic rings. The fraction of sp³-hybridized carbons (Fsp3) is 0.474. The second kappa shape index (κ2) is 12.1. The minimum Gasteiger partial charge on any atom is -0.494 e. The lowest BCUT2D eigenvalue weighted by molar-refractivity contribution is 0.304. The third kappa shape index (κ3) is 8.21. The van der Waals surface area contributed by atoms with Gasteiger partial charge >= 0.3 is 5.69 Å². The predicted octanol–water partition coefficient (Wildman–Crippen LogP) is 4.39. The number of aromatic nitrogens is 3. The third-order valence-corrected chi connectivity index (χ3v) is 4.27. The standard InChI is InChI=1S/C19H26ClN5O2/c1-2-3-4-5-6-7-8-11-27-16-10-9-15(17(20)12-16)13-21-24-18-14-22-25-19(26)23-18/h9-10,12-14H,2-8,11H2,1H3,(H2,23,24,25,26)/b21-13+. The van der Waals surface area contributed by atoms with Crippen molar-refractivity contribution in [2.24, 2.45) is 5.10 Å². The Labute approximate surface area is 164 Å². The second-order valence-electron chi connectivity index (χ2n) is 6.20. The molecule has 0 spiro atoms. The lowest BCUT2D eigenvalue weighted by atomic mass is 10.1. The number of H-pyrrole nitrogens is 1. The largest absolute Gasteiger partial charge is 0.494 e. The summed E-state index contributed by atoms with van der Waals surface area (Å²) in [5.41, 5.74) is 2.81. The summed E-state index contributed by atoms with van der Waals surface area (Å²) in [4.78, 5) is 14.7. The highest BCUT2D eigenvalue weighted by molar-refractivity contribution is 6.33. The zero-order valence-electron chi connectivity index (χ0n) is 15.6. The van der Waals surface area contributed by atoms with Crippen molar-refractivity contribution in [3.63, 3.8) is 0 Å². The van der Waals surface area contributed by atoms with Crippen LogP contribution in [0.3, 0.4) is 0 Å². The van der Waals surface area contributed by atoms with Crippen molar-refractivity contribution in [3.8, 4) is 5.75 Å². The Balaban J connectivity index is 1.73. The minimum atomic E-state index is -0.546. The fourth-order valence-electron chi connectivity index (χ4n) is 2.49. The van der Waals surface area contributed by atoms with Gasteiger partial charge in [-0.1, -0.05) is 57.0 Å². The van der Waals surface area contributed by atoms with Gasteiger partial charge in [-0.3, -0.25) is 5.43 Å². The van der Waals surface area contributed by atoms with Gasteiger partial charge in [0.05, 0.1) is 24.0 Å². The number of aromatic amines is 1. The molecule has 0 radical (unpaired) electrons. The maximum atomic E-state index is 11.0. The smallest absolute Gasteiger partial charge is 0.363 e. The molecule has 0 bridgehead atoms. The van der Waals surface area contributed by atoms with Gasteiger partial charge in [0.25, 0.3) is 0 Å². The molecule has 146 valence electrons. The van der Waals surface area contributed by atoms with Gasteiger partial charge in [0.15, 0.2) is 5.82 Å². The molecule has 0 unspecified atom stereocenters. The van der Waals surface area contributed by atoms with Gasteiger partial charge in [0, 0.05) is 5.56 Å². The lowest BCUT2D eigenvalue weighted by Crippen LogP contribution is -2.13. The molecule has 0 aliphatic carbocycles. The summed E-state index contributed by atoms with van der Waals surface area (Å²) in [6, 6.07) is 5.47. The minimum absolute atomic E-state index is 0.251. The van der Waals surface area contributed by atoms with Gasteiger partial charge in [-0.25, -0.2) is 9.89 Å². The molecule has 0 fully saturated rings. The van der Waals surface area contributed by atoms with Crippen LogP contribution in [-0.2, 0) is 0 Å². The van der Waals surface area contributed by atoms with Crippen LogP contribution in [0.5, 0.6) is 5.75 Å². The summed E-state index contributed by atoms with van der Waals surface area (Å²) < 4.78 is 5.76. The average Bonchev–Trinajstić information content (AvgIpc) is 2.65. The zero-order valence-corrected chi connectivity index (χ0v) is 16.3. The van der Waals surface area contributed by atoms with Crippen molar-refractivity contribution in [2.75, 3.05) is 12.0 Å². The van der Waals surface area contributed by atoms with Crippen molar-refractivity contribution in [2.45, 2.75) is 51.9 Å². The number of hydrogen-bond acceptors (Lipinski definition) is 6. The van der Waals surface area contributed by atoms with Crippen LogP contribution >= 0.6 is 11.6 Å². The van der Waals surface area contributed by atoms with Gasteiger partial charge in [-0.05, 0) is 24.6 Å². The number of rotatable bonds is 12. The van der Waals surface area contributed by atoms with Crippen LogP contribution in [0.1, 0.15) is 57.4 Å². The third-order valence-electron chi connectivity index (χ3n) is 3.94. The van der Waals surface area contributed by atoms with E-state index in [0.717, 1.165) is 17.7 Å². The molecule has 1 aromatic heterocycles. The number of nitrogens with one attached hydrogen (secondary N) is 2. The Hall–Kier alpha value is -2.41. The van der Waals surface area contributed by atoms with Gasteiger partial charge < -0.3 is 4.74 Å². The van der Waals surface area contributed by atoms with E-state index in [4.69, 9.17) is 16.3 Å². The maximum Gasteiger partial charge on any atom is 0.363 e. The summed E-state index contributed by atoms with van der Waals surface area (Å²) in [6.45, 7) is 2.92. The highest BCUT2D eigenvalue weighted by Gasteiger charge is 2.02. The lowest BCUT2D eigenvalue weighted by Gasteiger charge is -2.07. The van der Waals surface area contributed by atoms with Gasteiger partial charge in [-0.2, -0.15) is 15.2 Å². The van der Waals surface area contributed by atoms with Crippen molar-refractivity contribution < 1.29 is 4.74 Å². The van der Waals surface area contributed by atoms with E-state index >= 15 is 0 Å². The van der Waals surface area contributed by atoms with Crippen LogP contribution in [0.15, 0.2) is 34.3 Å². The number of benzene rings is 1. The Morgan fingerprint density at radius 1 is 1.22 bits per heavy atom. The quantitative estimate of drug-likeness (QED) is 0.318. The van der Waals surface area contributed by atoms with E-state index in [-0.39, 0.29) is 5.82 Å². The molecule has 0 atom stereocenters. The fourth-order valence-corrected chi connectivity index (χ4v) is 2.70. The first-order chi connectivity index (χ1) is 13.2. The molecular formula is C19H26ClN5O2. The molecule has 1 heterocycles. The van der Waals surface area contributed by atoms with Crippen LogP contribution in [0.4, 0.5) is 5.82 Å². The van der Waals surface area contributed by atoms with Crippen molar-refractivity contribution >= 4 is 23.6 Å². The molecule has 2 rings (SSSR count). The van der Waals surface area contributed by atoms with Crippen LogP contribution in [0.2, 0.25) is 5.02 Å². The molecule has 8 heteroatoms. The van der Waals surface area contributed by atoms with Gasteiger partial charge in [0.1, 0.15) is 5.75 Å². The maximum absolute atomic E-state index is 11.0. The number of hydrogen-bond donors (Lipinski definition) is 2. The van der Waals surface area contributed by atoms with Gasteiger partial charge in [0.2, 0.25) is 0 Å². The van der Waals surface area contributed by atoms with Crippen LogP contribution < -0.4 is 15.9 Å². The number of hydrazone groups is 1. The first-order valence-corrected chi connectivity index (χ1v) is 9.70. The topological polar surface area (TPSA) is 92.3 Å². The summed E-state index contributed by atoms with van der Waals surface area (Å²) >= 11 is 6.27. The van der Waals surface area contributed by atoms with Crippen LogP contribution in [0.25, 0.3) is 0 Å². The monoisotopic (exact) mass is 391 g/mol. The van der Waals surface area contributed by atoms with Crippen LogP contribution in [-0.4, -0.2) is 28.0 Å². The Morgan fingerprint density at radius 2 is 2.00 bits per heavy atom. The van der Waals surface area contributed by atoms with E-state index in [0.29, 0.717) is 11.6 Å². The molecule has 1 aromatic carbocycles. The van der Waals surface area contributed by atoms with E-state index < -0.39 is 5.69 Å². The Bertz CT molecular complexity index is 779. The number of unbranched alkanes of at least 4 members (excludes halogenated alkanes) is 6. The molecule has 0 aliphatic rings. The molecule has 27 heavy (non-hydrogen) atoms. The Kier molecular flexibility index (Phi) is 9.34. The molecular weight excluding hydrogens is 366 g/mol. The van der Waals surface area contributed by atoms with Crippen molar-refractivity contribution in [1.29, 1.82) is 0 Å². The average molecular weight is 392 g/mol. The normalized spacial score (nSPS) is 11.0. The predicted molar refractivity (Wildman–Crippen MR) is 109 cm³/mol. The molecule has 7 nitrogen and oxygen atoms in total. The van der Waals surface area contributed by atoms with Crippen LogP contribution in [0, 0.1) is 0 Å². The van der Waals surface area contributed by atoms with E-state index in [1.165, 1.54) is 44.7 Å². The van der Waals surface area contributed by atoms with E-state index in [9.17, 15) is 4.79 Å². The summed E-state index contributed by atoms with van der Waals surface area (Å²) in [6.07, 6.45) is 11.7. The van der Waals surface area contributed by atoms with Crippen molar-refractivity contribution in [1.82, 2.24) is 15.2 Å².